The molecule has 0 saturated heterocycles. The van der Waals surface area contributed by atoms with Gasteiger partial charge in [-0.2, -0.15) is 0 Å². The molecule has 0 aromatic heterocycles. The van der Waals surface area contributed by atoms with Crippen LogP contribution in [0.5, 0.6) is 0 Å². The first-order chi connectivity index (χ1) is 7.22. The normalized spacial score (nSPS) is 10.5. The molecule has 0 unspecified atom stereocenters. The van der Waals surface area contributed by atoms with Gasteiger partial charge in [-0.05, 0) is 34.4 Å². The van der Waals surface area contributed by atoms with Gasteiger partial charge in [0, 0.05) is 5.56 Å². The van der Waals surface area contributed by atoms with Crippen molar-refractivity contribution >= 4 is 10.8 Å². The van der Waals surface area contributed by atoms with Crippen LogP contribution in [-0.4, -0.2) is 0 Å². The van der Waals surface area contributed by atoms with Gasteiger partial charge in [-0.1, -0.05) is 44.0 Å². The summed E-state index contributed by atoms with van der Waals surface area (Å²) >= 11 is 0. The summed E-state index contributed by atoms with van der Waals surface area (Å²) in [5, 5.41) is 2.54. The molecule has 0 saturated carbocycles. The molecule has 2 aromatic carbocycles. The third-order valence-electron chi connectivity index (χ3n) is 2.70. The molecule has 0 nitrogen and oxygen atoms in total. The fourth-order valence-corrected chi connectivity index (χ4v) is 1.89. The average molecular weight is 194 g/mol. The van der Waals surface area contributed by atoms with Crippen LogP contribution in [-0.2, 0) is 0 Å². The van der Waals surface area contributed by atoms with Crippen LogP contribution in [0, 0.1) is 12.3 Å². The van der Waals surface area contributed by atoms with E-state index in [9.17, 15) is 0 Å². The molecule has 15 heavy (non-hydrogen) atoms. The Hall–Kier alpha value is -1.74. The Bertz CT molecular complexity index is 527. The molecule has 0 spiro atoms. The molecule has 0 aliphatic rings. The number of hydrogen-bond donors (Lipinski definition) is 0. The quantitative estimate of drug-likeness (QED) is 0.603. The Balaban J connectivity index is 2.77. The molecule has 2 aromatic rings. The van der Waals surface area contributed by atoms with E-state index in [1.54, 1.807) is 0 Å². The van der Waals surface area contributed by atoms with E-state index in [-0.39, 0.29) is 0 Å². The van der Waals surface area contributed by atoms with Crippen molar-refractivity contribution in [2.45, 2.75) is 19.8 Å². The lowest BCUT2D eigenvalue weighted by Crippen LogP contribution is -1.89. The standard InChI is InChI=1S/C15H14/c1-4-12-8-9-13-6-5-7-14(11(2)3)15(13)10-12/h1,5-11H,2-3H3. The molecule has 0 aliphatic heterocycles. The summed E-state index contributed by atoms with van der Waals surface area (Å²) in [5.74, 6) is 3.21. The predicted molar refractivity (Wildman–Crippen MR) is 66.0 cm³/mol. The Labute approximate surface area is 90.9 Å². The highest BCUT2D eigenvalue weighted by Gasteiger charge is 2.04. The van der Waals surface area contributed by atoms with Gasteiger partial charge in [0.2, 0.25) is 0 Å². The SMILES string of the molecule is C#Cc1ccc2cccc(C(C)C)c2c1. The van der Waals surface area contributed by atoms with Crippen LogP contribution in [0.3, 0.4) is 0 Å². The Morgan fingerprint density at radius 1 is 1.13 bits per heavy atom. The van der Waals surface area contributed by atoms with Crippen molar-refractivity contribution in [3.8, 4) is 12.3 Å². The summed E-state index contributed by atoms with van der Waals surface area (Å²) in [6.45, 7) is 4.41. The van der Waals surface area contributed by atoms with E-state index in [1.165, 1.54) is 16.3 Å². The summed E-state index contributed by atoms with van der Waals surface area (Å²) in [6, 6.07) is 12.6. The van der Waals surface area contributed by atoms with Crippen molar-refractivity contribution in [1.29, 1.82) is 0 Å². The van der Waals surface area contributed by atoms with Crippen LogP contribution in [0.2, 0.25) is 0 Å². The van der Waals surface area contributed by atoms with Crippen LogP contribution in [0.25, 0.3) is 10.8 Å². The van der Waals surface area contributed by atoms with E-state index in [0.29, 0.717) is 5.92 Å². The molecule has 0 N–H and O–H groups in total. The zero-order valence-electron chi connectivity index (χ0n) is 9.12. The number of benzene rings is 2. The van der Waals surface area contributed by atoms with E-state index < -0.39 is 0 Å². The second-order valence-corrected chi connectivity index (χ2v) is 4.08. The number of fused-ring (bicyclic) bond motifs is 1. The van der Waals surface area contributed by atoms with Gasteiger partial charge < -0.3 is 0 Å². The molecule has 0 radical (unpaired) electrons. The molecule has 74 valence electrons. The minimum atomic E-state index is 0.529. The molecule has 2 rings (SSSR count). The first kappa shape index (κ1) is 9.80. The first-order valence-corrected chi connectivity index (χ1v) is 5.21. The minimum absolute atomic E-state index is 0.529. The van der Waals surface area contributed by atoms with Gasteiger partial charge >= 0.3 is 0 Å². The Morgan fingerprint density at radius 3 is 2.60 bits per heavy atom. The van der Waals surface area contributed by atoms with Crippen molar-refractivity contribution < 1.29 is 0 Å². The predicted octanol–water partition coefficient (Wildman–Crippen LogP) is 3.94. The summed E-state index contributed by atoms with van der Waals surface area (Å²) in [5.41, 5.74) is 2.32. The van der Waals surface area contributed by atoms with E-state index in [0.717, 1.165) is 5.56 Å². The van der Waals surface area contributed by atoms with Crippen molar-refractivity contribution in [3.63, 3.8) is 0 Å². The maximum Gasteiger partial charge on any atom is 0.0249 e. The zero-order valence-corrected chi connectivity index (χ0v) is 9.12. The highest BCUT2D eigenvalue weighted by molar-refractivity contribution is 5.87. The lowest BCUT2D eigenvalue weighted by molar-refractivity contribution is 0.876. The van der Waals surface area contributed by atoms with Crippen molar-refractivity contribution in [2.75, 3.05) is 0 Å². The fourth-order valence-electron chi connectivity index (χ4n) is 1.89. The Morgan fingerprint density at radius 2 is 1.93 bits per heavy atom. The molecule has 0 bridgehead atoms. The third kappa shape index (κ3) is 1.74. The average Bonchev–Trinajstić information content (AvgIpc) is 2.27. The summed E-state index contributed by atoms with van der Waals surface area (Å²) < 4.78 is 0. The highest BCUT2D eigenvalue weighted by Crippen LogP contribution is 2.25. The second kappa shape index (κ2) is 3.79. The molecular weight excluding hydrogens is 180 g/mol. The molecule has 0 heteroatoms. The number of terminal acetylenes is 1. The highest BCUT2D eigenvalue weighted by atomic mass is 14.1. The van der Waals surface area contributed by atoms with E-state index >= 15 is 0 Å². The van der Waals surface area contributed by atoms with Crippen LogP contribution in [0.15, 0.2) is 36.4 Å². The number of rotatable bonds is 1. The third-order valence-corrected chi connectivity index (χ3v) is 2.70. The largest absolute Gasteiger partial charge is 0.115 e. The van der Waals surface area contributed by atoms with Crippen molar-refractivity contribution in [2.24, 2.45) is 0 Å². The molecule has 0 atom stereocenters. The zero-order chi connectivity index (χ0) is 10.8. The maximum atomic E-state index is 5.42. The van der Waals surface area contributed by atoms with Crippen LogP contribution >= 0.6 is 0 Å². The van der Waals surface area contributed by atoms with Gasteiger partial charge in [0.05, 0.1) is 0 Å². The van der Waals surface area contributed by atoms with Gasteiger partial charge in [0.25, 0.3) is 0 Å². The first-order valence-electron chi connectivity index (χ1n) is 5.21. The molecule has 0 amide bonds. The van der Waals surface area contributed by atoms with E-state index in [1.807, 2.05) is 6.07 Å². The lowest BCUT2D eigenvalue weighted by atomic mass is 9.95. The number of hydrogen-bond acceptors (Lipinski definition) is 0. The molecule has 0 heterocycles. The van der Waals surface area contributed by atoms with Gasteiger partial charge in [-0.15, -0.1) is 6.42 Å². The molecule has 0 aliphatic carbocycles. The van der Waals surface area contributed by atoms with Crippen LogP contribution < -0.4 is 0 Å². The monoisotopic (exact) mass is 194 g/mol. The summed E-state index contributed by atoms with van der Waals surface area (Å²) in [7, 11) is 0. The van der Waals surface area contributed by atoms with Crippen molar-refractivity contribution in [3.05, 3.63) is 47.5 Å². The van der Waals surface area contributed by atoms with E-state index in [2.05, 4.69) is 50.1 Å². The minimum Gasteiger partial charge on any atom is -0.115 e. The second-order valence-electron chi connectivity index (χ2n) is 4.08. The topological polar surface area (TPSA) is 0 Å². The maximum absolute atomic E-state index is 5.42. The Kier molecular flexibility index (Phi) is 2.47. The van der Waals surface area contributed by atoms with E-state index in [4.69, 9.17) is 6.42 Å². The van der Waals surface area contributed by atoms with Gasteiger partial charge in [-0.25, -0.2) is 0 Å². The molecular formula is C15H14. The fraction of sp³-hybridized carbons (Fsp3) is 0.200. The smallest absolute Gasteiger partial charge is 0.0249 e. The van der Waals surface area contributed by atoms with Gasteiger partial charge in [0.1, 0.15) is 0 Å². The summed E-state index contributed by atoms with van der Waals surface area (Å²) in [4.78, 5) is 0. The lowest BCUT2D eigenvalue weighted by Gasteiger charge is -2.09. The summed E-state index contributed by atoms with van der Waals surface area (Å²) in [6.07, 6.45) is 5.42. The molecule has 0 fully saturated rings. The van der Waals surface area contributed by atoms with Crippen LogP contribution in [0.4, 0.5) is 0 Å². The van der Waals surface area contributed by atoms with Crippen LogP contribution in [0.1, 0.15) is 30.9 Å². The van der Waals surface area contributed by atoms with Gasteiger partial charge in [-0.3, -0.25) is 0 Å². The van der Waals surface area contributed by atoms with Crippen molar-refractivity contribution in [1.82, 2.24) is 0 Å². The van der Waals surface area contributed by atoms with Gasteiger partial charge in [0.15, 0.2) is 0 Å².